The molecule has 0 heterocycles. The molecular weight excluding hydrogens is 219 g/mol. The summed E-state index contributed by atoms with van der Waals surface area (Å²) in [5.74, 6) is -0.255. The molecule has 0 fully saturated rings. The van der Waals surface area contributed by atoms with Crippen LogP contribution in [0.25, 0.3) is 0 Å². The maximum Gasteiger partial charge on any atom is 0.123 e. The van der Waals surface area contributed by atoms with Crippen LogP contribution >= 0.6 is 0 Å². The van der Waals surface area contributed by atoms with Crippen molar-refractivity contribution in [2.24, 2.45) is 5.73 Å². The van der Waals surface area contributed by atoms with Gasteiger partial charge in [0.15, 0.2) is 0 Å². The van der Waals surface area contributed by atoms with Crippen molar-refractivity contribution in [3.63, 3.8) is 0 Å². The molecule has 1 rings (SSSR count). The molecule has 17 heavy (non-hydrogen) atoms. The highest BCUT2D eigenvalue weighted by atomic mass is 19.1. The average Bonchev–Trinajstić information content (AvgIpc) is 2.34. The number of likely N-dealkylation sites (N-methyl/N-ethyl adjacent to an activating group) is 1. The number of rotatable bonds is 6. The van der Waals surface area contributed by atoms with E-state index in [-0.39, 0.29) is 24.5 Å². The lowest BCUT2D eigenvalue weighted by molar-refractivity contribution is 0.156. The highest BCUT2D eigenvalue weighted by Crippen LogP contribution is 2.15. The fourth-order valence-electron chi connectivity index (χ4n) is 1.61. The van der Waals surface area contributed by atoms with Crippen molar-refractivity contribution in [2.45, 2.75) is 25.4 Å². The molecule has 0 aliphatic carbocycles. The van der Waals surface area contributed by atoms with Gasteiger partial charge in [-0.2, -0.15) is 0 Å². The summed E-state index contributed by atoms with van der Waals surface area (Å²) in [6, 6.07) is 6.35. The van der Waals surface area contributed by atoms with E-state index >= 15 is 0 Å². The summed E-state index contributed by atoms with van der Waals surface area (Å²) in [6.45, 7) is 2.86. The third-order valence-electron chi connectivity index (χ3n) is 3.09. The van der Waals surface area contributed by atoms with Gasteiger partial charge in [0.1, 0.15) is 5.82 Å². The van der Waals surface area contributed by atoms with Crippen molar-refractivity contribution < 1.29 is 9.50 Å². The predicted molar refractivity (Wildman–Crippen MR) is 67.1 cm³/mol. The Hall–Kier alpha value is -0.970. The normalized spacial score (nSPS) is 14.9. The van der Waals surface area contributed by atoms with E-state index < -0.39 is 0 Å². The van der Waals surface area contributed by atoms with E-state index in [2.05, 4.69) is 0 Å². The standard InChI is InChI=1S/C13H21FN2O/c1-10(9-17)16(2)7-6-13(15)11-4-3-5-12(14)8-11/h3-5,8,10,13,17H,6-7,9,15H2,1-2H3. The molecule has 1 aromatic carbocycles. The zero-order chi connectivity index (χ0) is 12.8. The van der Waals surface area contributed by atoms with E-state index in [1.165, 1.54) is 12.1 Å². The van der Waals surface area contributed by atoms with Crippen LogP contribution in [0, 0.1) is 5.82 Å². The van der Waals surface area contributed by atoms with Crippen molar-refractivity contribution in [3.05, 3.63) is 35.6 Å². The van der Waals surface area contributed by atoms with Crippen molar-refractivity contribution in [3.8, 4) is 0 Å². The molecule has 0 amide bonds. The molecule has 0 saturated heterocycles. The van der Waals surface area contributed by atoms with E-state index in [9.17, 15) is 4.39 Å². The maximum absolute atomic E-state index is 13.0. The van der Waals surface area contributed by atoms with Gasteiger partial charge in [-0.05, 0) is 38.1 Å². The summed E-state index contributed by atoms with van der Waals surface area (Å²) in [5, 5.41) is 9.00. The summed E-state index contributed by atoms with van der Waals surface area (Å²) in [6.07, 6.45) is 0.740. The van der Waals surface area contributed by atoms with Gasteiger partial charge in [0.25, 0.3) is 0 Å². The molecule has 3 nitrogen and oxygen atoms in total. The Labute approximate surface area is 102 Å². The highest BCUT2D eigenvalue weighted by Gasteiger charge is 2.11. The maximum atomic E-state index is 13.0. The van der Waals surface area contributed by atoms with Gasteiger partial charge in [-0.1, -0.05) is 12.1 Å². The second kappa shape index (κ2) is 6.69. The molecule has 2 atom stereocenters. The molecule has 0 radical (unpaired) electrons. The number of aliphatic hydroxyl groups excluding tert-OH is 1. The van der Waals surface area contributed by atoms with Gasteiger partial charge in [-0.25, -0.2) is 4.39 Å². The zero-order valence-electron chi connectivity index (χ0n) is 10.4. The zero-order valence-corrected chi connectivity index (χ0v) is 10.4. The number of nitrogens with two attached hydrogens (primary N) is 1. The van der Waals surface area contributed by atoms with E-state index in [0.29, 0.717) is 0 Å². The summed E-state index contributed by atoms with van der Waals surface area (Å²) in [7, 11) is 1.94. The van der Waals surface area contributed by atoms with E-state index in [1.807, 2.05) is 24.9 Å². The first-order valence-corrected chi connectivity index (χ1v) is 5.86. The molecule has 3 N–H and O–H groups in total. The lowest BCUT2D eigenvalue weighted by Crippen LogP contribution is -2.34. The van der Waals surface area contributed by atoms with Crippen LogP contribution in [-0.4, -0.2) is 36.2 Å². The summed E-state index contributed by atoms with van der Waals surface area (Å²) in [4.78, 5) is 2.04. The Morgan fingerprint density at radius 1 is 1.47 bits per heavy atom. The quantitative estimate of drug-likeness (QED) is 0.792. The van der Waals surface area contributed by atoms with Gasteiger partial charge in [0.05, 0.1) is 6.61 Å². The van der Waals surface area contributed by atoms with Gasteiger partial charge in [0, 0.05) is 18.6 Å². The molecule has 0 saturated carbocycles. The Morgan fingerprint density at radius 3 is 2.76 bits per heavy atom. The topological polar surface area (TPSA) is 49.5 Å². The van der Waals surface area contributed by atoms with Crippen LogP contribution in [0.1, 0.15) is 24.9 Å². The smallest absolute Gasteiger partial charge is 0.123 e. The lowest BCUT2D eigenvalue weighted by Gasteiger charge is -2.24. The molecular formula is C13H21FN2O. The fraction of sp³-hybridized carbons (Fsp3) is 0.538. The minimum Gasteiger partial charge on any atom is -0.395 e. The first kappa shape index (κ1) is 14.1. The van der Waals surface area contributed by atoms with Crippen LogP contribution in [0.15, 0.2) is 24.3 Å². The van der Waals surface area contributed by atoms with Crippen LogP contribution in [0.2, 0.25) is 0 Å². The van der Waals surface area contributed by atoms with Crippen molar-refractivity contribution >= 4 is 0 Å². The second-order valence-corrected chi connectivity index (χ2v) is 4.46. The average molecular weight is 240 g/mol. The van der Waals surface area contributed by atoms with Crippen molar-refractivity contribution in [1.82, 2.24) is 4.90 Å². The minimum absolute atomic E-state index is 0.120. The van der Waals surface area contributed by atoms with Gasteiger partial charge in [-0.3, -0.25) is 0 Å². The number of hydrogen-bond donors (Lipinski definition) is 2. The molecule has 4 heteroatoms. The van der Waals surface area contributed by atoms with Crippen LogP contribution in [0.5, 0.6) is 0 Å². The van der Waals surface area contributed by atoms with E-state index in [0.717, 1.165) is 18.5 Å². The third-order valence-corrected chi connectivity index (χ3v) is 3.09. The summed E-state index contributed by atoms with van der Waals surface area (Å²) >= 11 is 0. The molecule has 0 aromatic heterocycles. The van der Waals surface area contributed by atoms with Gasteiger partial charge in [0.2, 0.25) is 0 Å². The van der Waals surface area contributed by atoms with Crippen molar-refractivity contribution in [2.75, 3.05) is 20.2 Å². The summed E-state index contributed by atoms with van der Waals surface area (Å²) < 4.78 is 13.0. The van der Waals surface area contributed by atoms with Gasteiger partial charge in [-0.15, -0.1) is 0 Å². The SMILES string of the molecule is CC(CO)N(C)CCC(N)c1cccc(F)c1. The Bertz CT molecular complexity index is 346. The van der Waals surface area contributed by atoms with Gasteiger partial charge < -0.3 is 15.7 Å². The first-order valence-electron chi connectivity index (χ1n) is 5.86. The van der Waals surface area contributed by atoms with Crippen LogP contribution in [-0.2, 0) is 0 Å². The van der Waals surface area contributed by atoms with Gasteiger partial charge >= 0.3 is 0 Å². The number of hydrogen-bond acceptors (Lipinski definition) is 3. The molecule has 1 aromatic rings. The molecule has 96 valence electrons. The first-order chi connectivity index (χ1) is 8.04. The van der Waals surface area contributed by atoms with Crippen LogP contribution in [0.4, 0.5) is 4.39 Å². The van der Waals surface area contributed by atoms with Crippen molar-refractivity contribution in [1.29, 1.82) is 0 Å². The molecule has 0 spiro atoms. The van der Waals surface area contributed by atoms with Crippen LogP contribution in [0.3, 0.4) is 0 Å². The number of aliphatic hydroxyl groups is 1. The Kier molecular flexibility index (Phi) is 5.55. The highest BCUT2D eigenvalue weighted by molar-refractivity contribution is 5.19. The Morgan fingerprint density at radius 2 is 2.18 bits per heavy atom. The monoisotopic (exact) mass is 240 g/mol. The number of benzene rings is 1. The van der Waals surface area contributed by atoms with Crippen LogP contribution < -0.4 is 5.73 Å². The van der Waals surface area contributed by atoms with E-state index in [1.54, 1.807) is 6.07 Å². The molecule has 0 aliphatic rings. The number of nitrogens with zero attached hydrogens (tertiary/aromatic N) is 1. The molecule has 2 unspecified atom stereocenters. The third kappa shape index (κ3) is 4.42. The molecule has 0 aliphatic heterocycles. The lowest BCUT2D eigenvalue weighted by atomic mass is 10.0. The summed E-state index contributed by atoms with van der Waals surface area (Å²) in [5.41, 5.74) is 6.81. The Balaban J connectivity index is 2.47. The number of halogens is 1. The predicted octanol–water partition coefficient (Wildman–Crippen LogP) is 1.53. The molecule has 0 bridgehead atoms. The fourth-order valence-corrected chi connectivity index (χ4v) is 1.61. The minimum atomic E-state index is -0.255. The largest absolute Gasteiger partial charge is 0.395 e. The van der Waals surface area contributed by atoms with E-state index in [4.69, 9.17) is 10.8 Å². The second-order valence-electron chi connectivity index (χ2n) is 4.46.